The van der Waals surface area contributed by atoms with Gasteiger partial charge in [0, 0.05) is 24.4 Å². The van der Waals surface area contributed by atoms with Crippen LogP contribution in [0.4, 0.5) is 0 Å². The van der Waals surface area contributed by atoms with Crippen molar-refractivity contribution in [1.82, 2.24) is 19.6 Å². The highest BCUT2D eigenvalue weighted by Crippen LogP contribution is 2.20. The van der Waals surface area contributed by atoms with E-state index in [1.807, 2.05) is 15.4 Å². The van der Waals surface area contributed by atoms with Crippen molar-refractivity contribution in [3.63, 3.8) is 0 Å². The second kappa shape index (κ2) is 7.56. The molecule has 2 heterocycles. The summed E-state index contributed by atoms with van der Waals surface area (Å²) in [6.45, 7) is 6.67. The molecular formula is C20H24N4O2. The van der Waals surface area contributed by atoms with Gasteiger partial charge in [0.1, 0.15) is 5.69 Å². The van der Waals surface area contributed by atoms with Gasteiger partial charge in [0.2, 0.25) is 5.43 Å². The average Bonchev–Trinajstić information content (AvgIpc) is 3.12. The summed E-state index contributed by atoms with van der Waals surface area (Å²) in [6, 6.07) is 9.87. The van der Waals surface area contributed by atoms with Crippen LogP contribution in [-0.2, 0) is 6.54 Å². The number of pyridine rings is 1. The topological polar surface area (TPSA) is 72.9 Å². The Kier molecular flexibility index (Phi) is 5.21. The minimum Gasteiger partial charge on any atom is -0.503 e. The Hall–Kier alpha value is -2.89. The molecule has 0 spiro atoms. The fraction of sp³-hybridized carbons (Fsp3) is 0.350. The van der Waals surface area contributed by atoms with E-state index in [1.54, 1.807) is 13.1 Å². The Morgan fingerprint density at radius 1 is 1.15 bits per heavy atom. The number of benzene rings is 1. The number of nitrogens with zero attached hydrogens (tertiary/aromatic N) is 4. The molecule has 0 fully saturated rings. The summed E-state index contributed by atoms with van der Waals surface area (Å²) in [7, 11) is 0. The normalized spacial score (nSPS) is 12.3. The SMILES string of the molecule is Cc1ccc(-c2cn(C(C)CCCn3ccc(=O)c(O)c3C)nn2)cc1. The molecule has 1 atom stereocenters. The van der Waals surface area contributed by atoms with E-state index in [-0.39, 0.29) is 17.2 Å². The quantitative estimate of drug-likeness (QED) is 0.737. The lowest BCUT2D eigenvalue weighted by Crippen LogP contribution is -2.12. The number of aryl methyl sites for hydroxylation is 2. The Morgan fingerprint density at radius 2 is 1.88 bits per heavy atom. The van der Waals surface area contributed by atoms with Gasteiger partial charge in [0.05, 0.1) is 17.9 Å². The molecule has 1 N–H and O–H groups in total. The van der Waals surface area contributed by atoms with E-state index >= 15 is 0 Å². The van der Waals surface area contributed by atoms with E-state index in [1.165, 1.54) is 11.6 Å². The molecule has 1 unspecified atom stereocenters. The highest BCUT2D eigenvalue weighted by atomic mass is 16.3. The third-order valence-corrected chi connectivity index (χ3v) is 4.74. The third kappa shape index (κ3) is 3.85. The Morgan fingerprint density at radius 3 is 2.62 bits per heavy atom. The van der Waals surface area contributed by atoms with Gasteiger partial charge >= 0.3 is 0 Å². The lowest BCUT2D eigenvalue weighted by molar-refractivity contribution is 0.413. The molecular weight excluding hydrogens is 328 g/mol. The van der Waals surface area contributed by atoms with Crippen molar-refractivity contribution >= 4 is 0 Å². The molecule has 6 nitrogen and oxygen atoms in total. The van der Waals surface area contributed by atoms with Crippen LogP contribution in [0, 0.1) is 13.8 Å². The molecule has 0 aliphatic rings. The Labute approximate surface area is 152 Å². The van der Waals surface area contributed by atoms with E-state index in [0.29, 0.717) is 5.69 Å². The first-order chi connectivity index (χ1) is 12.5. The van der Waals surface area contributed by atoms with Crippen LogP contribution in [-0.4, -0.2) is 24.7 Å². The minimum atomic E-state index is -0.335. The lowest BCUT2D eigenvalue weighted by Gasteiger charge is -2.14. The molecule has 26 heavy (non-hydrogen) atoms. The maximum Gasteiger partial charge on any atom is 0.223 e. The van der Waals surface area contributed by atoms with Crippen LogP contribution < -0.4 is 5.43 Å². The predicted molar refractivity (Wildman–Crippen MR) is 101 cm³/mol. The van der Waals surface area contributed by atoms with Gasteiger partial charge in [-0.2, -0.15) is 0 Å². The molecule has 0 saturated heterocycles. The first-order valence-corrected chi connectivity index (χ1v) is 8.83. The van der Waals surface area contributed by atoms with E-state index in [9.17, 15) is 9.90 Å². The largest absolute Gasteiger partial charge is 0.503 e. The van der Waals surface area contributed by atoms with Crippen molar-refractivity contribution in [2.45, 2.75) is 46.2 Å². The van der Waals surface area contributed by atoms with Gasteiger partial charge in [-0.05, 0) is 33.6 Å². The van der Waals surface area contributed by atoms with Gasteiger partial charge in [0.15, 0.2) is 5.75 Å². The molecule has 2 aromatic heterocycles. The molecule has 3 rings (SSSR count). The Balaban J connectivity index is 1.61. The zero-order valence-electron chi connectivity index (χ0n) is 15.4. The third-order valence-electron chi connectivity index (χ3n) is 4.74. The summed E-state index contributed by atoms with van der Waals surface area (Å²) < 4.78 is 3.80. The smallest absolute Gasteiger partial charge is 0.223 e. The summed E-state index contributed by atoms with van der Waals surface area (Å²) in [4.78, 5) is 11.4. The van der Waals surface area contributed by atoms with Gasteiger partial charge in [-0.25, -0.2) is 4.68 Å². The van der Waals surface area contributed by atoms with Gasteiger partial charge in [-0.1, -0.05) is 35.0 Å². The summed E-state index contributed by atoms with van der Waals surface area (Å²) in [6.07, 6.45) is 5.53. The van der Waals surface area contributed by atoms with E-state index in [0.717, 1.165) is 30.6 Å². The number of hydrogen-bond donors (Lipinski definition) is 1. The number of rotatable bonds is 6. The molecule has 0 aliphatic carbocycles. The van der Waals surface area contributed by atoms with Crippen LogP contribution in [0.2, 0.25) is 0 Å². The maximum absolute atomic E-state index is 11.4. The molecule has 0 aliphatic heterocycles. The van der Waals surface area contributed by atoms with Crippen molar-refractivity contribution in [2.75, 3.05) is 0 Å². The van der Waals surface area contributed by atoms with Crippen molar-refractivity contribution < 1.29 is 5.11 Å². The maximum atomic E-state index is 11.4. The van der Waals surface area contributed by atoms with Crippen LogP contribution in [0.25, 0.3) is 11.3 Å². The molecule has 1 aromatic carbocycles. The second-order valence-electron chi connectivity index (χ2n) is 6.75. The van der Waals surface area contributed by atoms with Crippen molar-refractivity contribution in [3.8, 4) is 17.0 Å². The van der Waals surface area contributed by atoms with Crippen molar-refractivity contribution in [3.05, 3.63) is 64.2 Å². The number of aromatic nitrogens is 4. The molecule has 0 bridgehead atoms. The van der Waals surface area contributed by atoms with Crippen LogP contribution in [0.5, 0.6) is 5.75 Å². The highest BCUT2D eigenvalue weighted by Gasteiger charge is 2.10. The van der Waals surface area contributed by atoms with Gasteiger partial charge in [-0.15, -0.1) is 5.10 Å². The van der Waals surface area contributed by atoms with Gasteiger partial charge in [0.25, 0.3) is 0 Å². The van der Waals surface area contributed by atoms with Crippen LogP contribution in [0.1, 0.15) is 37.1 Å². The zero-order chi connectivity index (χ0) is 18.7. The van der Waals surface area contributed by atoms with Crippen molar-refractivity contribution in [2.24, 2.45) is 0 Å². The monoisotopic (exact) mass is 352 g/mol. The second-order valence-corrected chi connectivity index (χ2v) is 6.75. The first kappa shape index (κ1) is 17.9. The molecule has 0 amide bonds. The fourth-order valence-electron chi connectivity index (χ4n) is 2.94. The van der Waals surface area contributed by atoms with Crippen molar-refractivity contribution in [1.29, 1.82) is 0 Å². The molecule has 0 radical (unpaired) electrons. The van der Waals surface area contributed by atoms with Crippen LogP contribution in [0.3, 0.4) is 0 Å². The number of hydrogen-bond acceptors (Lipinski definition) is 4. The van der Waals surface area contributed by atoms with E-state index < -0.39 is 0 Å². The lowest BCUT2D eigenvalue weighted by atomic mass is 10.1. The van der Waals surface area contributed by atoms with Crippen LogP contribution >= 0.6 is 0 Å². The zero-order valence-corrected chi connectivity index (χ0v) is 15.4. The van der Waals surface area contributed by atoms with E-state index in [4.69, 9.17) is 0 Å². The summed E-state index contributed by atoms with van der Waals surface area (Å²) in [5.41, 5.74) is 3.43. The molecule has 0 saturated carbocycles. The fourth-order valence-corrected chi connectivity index (χ4v) is 2.94. The molecule has 136 valence electrons. The highest BCUT2D eigenvalue weighted by molar-refractivity contribution is 5.57. The average molecular weight is 352 g/mol. The van der Waals surface area contributed by atoms with Gasteiger partial charge in [-0.3, -0.25) is 4.79 Å². The standard InChI is InChI=1S/C20H24N4O2/c1-14-6-8-17(9-7-14)18-13-24(22-21-18)15(2)5-4-11-23-12-10-19(25)20(26)16(23)3/h6-10,12-13,15,26H,4-5,11H2,1-3H3. The number of aromatic hydroxyl groups is 1. The van der Waals surface area contributed by atoms with Crippen LogP contribution in [0.15, 0.2) is 47.5 Å². The molecule has 6 heteroatoms. The van der Waals surface area contributed by atoms with E-state index in [2.05, 4.69) is 48.4 Å². The van der Waals surface area contributed by atoms with Gasteiger partial charge < -0.3 is 9.67 Å². The Bertz CT molecular complexity index is 941. The minimum absolute atomic E-state index is 0.167. The predicted octanol–water partition coefficient (Wildman–Crippen LogP) is 3.47. The first-order valence-electron chi connectivity index (χ1n) is 8.83. The summed E-state index contributed by atoms with van der Waals surface area (Å²) in [5, 5.41) is 18.3. The summed E-state index contributed by atoms with van der Waals surface area (Å²) >= 11 is 0. The molecule has 3 aromatic rings. The summed E-state index contributed by atoms with van der Waals surface area (Å²) in [5.74, 6) is -0.167.